The Labute approximate surface area is 111 Å². The molecular weight excluding hydrogens is 271 g/mol. The summed E-state index contributed by atoms with van der Waals surface area (Å²) in [5, 5.41) is 2.51. The first kappa shape index (κ1) is 15.2. The van der Waals surface area contributed by atoms with Crippen molar-refractivity contribution < 1.29 is 17.6 Å². The number of hydrogen-bond acceptors (Lipinski definition) is 3. The number of nitrogens with one attached hydrogen (secondary N) is 2. The Bertz CT molecular complexity index is 620. The van der Waals surface area contributed by atoms with Crippen LogP contribution in [-0.2, 0) is 14.8 Å². The molecule has 1 rings (SSSR count). The normalized spacial score (nSPS) is 10.7. The zero-order valence-electron chi connectivity index (χ0n) is 10.8. The van der Waals surface area contributed by atoms with E-state index in [2.05, 4.69) is 5.32 Å². The summed E-state index contributed by atoms with van der Waals surface area (Å²) in [4.78, 5) is 11.5. The summed E-state index contributed by atoms with van der Waals surface area (Å²) in [6, 6.07) is 3.64. The molecule has 1 aromatic rings. The van der Waals surface area contributed by atoms with Gasteiger partial charge in [-0.2, -0.15) is 0 Å². The molecule has 2 N–H and O–H groups in total. The summed E-state index contributed by atoms with van der Waals surface area (Å²) in [7, 11) is -3.58. The predicted octanol–water partition coefficient (Wildman–Crippen LogP) is 2.10. The Morgan fingerprint density at radius 1 is 1.32 bits per heavy atom. The van der Waals surface area contributed by atoms with Crippen molar-refractivity contribution in [2.75, 3.05) is 16.3 Å². The zero-order chi connectivity index (χ0) is 14.6. The van der Waals surface area contributed by atoms with E-state index in [4.69, 9.17) is 0 Å². The van der Waals surface area contributed by atoms with E-state index < -0.39 is 15.8 Å². The van der Waals surface area contributed by atoms with E-state index in [9.17, 15) is 17.6 Å². The van der Waals surface area contributed by atoms with Crippen LogP contribution in [0.1, 0.15) is 13.8 Å². The van der Waals surface area contributed by atoms with E-state index in [0.29, 0.717) is 5.69 Å². The molecule has 0 atom stereocenters. The highest BCUT2D eigenvalue weighted by Gasteiger charge is 2.09. The van der Waals surface area contributed by atoms with Crippen LogP contribution in [0.5, 0.6) is 0 Å². The molecule has 0 fully saturated rings. The smallest absolute Gasteiger partial charge is 0.248 e. The van der Waals surface area contributed by atoms with Crippen LogP contribution in [0.2, 0.25) is 0 Å². The maximum atomic E-state index is 13.4. The molecule has 0 bridgehead atoms. The lowest BCUT2D eigenvalue weighted by atomic mass is 10.2. The maximum absolute atomic E-state index is 13.4. The lowest BCUT2D eigenvalue weighted by Crippen LogP contribution is -2.12. The van der Waals surface area contributed by atoms with E-state index in [1.54, 1.807) is 13.8 Å². The minimum atomic E-state index is -3.58. The van der Waals surface area contributed by atoms with Crippen LogP contribution in [0.15, 0.2) is 29.8 Å². The van der Waals surface area contributed by atoms with Gasteiger partial charge in [0, 0.05) is 11.8 Å². The summed E-state index contributed by atoms with van der Waals surface area (Å²) < 4.78 is 37.5. The van der Waals surface area contributed by atoms with Crippen molar-refractivity contribution in [2.45, 2.75) is 13.8 Å². The van der Waals surface area contributed by atoms with E-state index in [1.807, 2.05) is 4.72 Å². The van der Waals surface area contributed by atoms with Crippen molar-refractivity contribution in [3.63, 3.8) is 0 Å². The van der Waals surface area contributed by atoms with Crippen molar-refractivity contribution in [1.82, 2.24) is 0 Å². The fraction of sp³-hybridized carbons (Fsp3) is 0.250. The SMILES string of the molecule is CC(C)=CC(=O)Nc1ccc(F)c(NS(C)(=O)=O)c1. The van der Waals surface area contributed by atoms with E-state index in [1.165, 1.54) is 18.2 Å². The fourth-order valence-electron chi connectivity index (χ4n) is 1.32. The first-order chi connectivity index (χ1) is 8.67. The van der Waals surface area contributed by atoms with E-state index >= 15 is 0 Å². The molecule has 0 aliphatic carbocycles. The van der Waals surface area contributed by atoms with Crippen LogP contribution >= 0.6 is 0 Å². The third-order valence-corrected chi connectivity index (χ3v) is 2.54. The van der Waals surface area contributed by atoms with Gasteiger partial charge < -0.3 is 5.32 Å². The van der Waals surface area contributed by atoms with Gasteiger partial charge in [0.05, 0.1) is 11.9 Å². The monoisotopic (exact) mass is 286 g/mol. The molecule has 0 aliphatic rings. The number of benzene rings is 1. The van der Waals surface area contributed by atoms with Crippen molar-refractivity contribution in [1.29, 1.82) is 0 Å². The minimum absolute atomic E-state index is 0.211. The molecule has 0 radical (unpaired) electrons. The van der Waals surface area contributed by atoms with Gasteiger partial charge in [-0.3, -0.25) is 9.52 Å². The number of carbonyl (C=O) groups is 1. The number of carbonyl (C=O) groups excluding carboxylic acids is 1. The van der Waals surface area contributed by atoms with Crippen molar-refractivity contribution in [2.24, 2.45) is 0 Å². The Morgan fingerprint density at radius 2 is 1.95 bits per heavy atom. The predicted molar refractivity (Wildman–Crippen MR) is 72.9 cm³/mol. The Kier molecular flexibility index (Phi) is 4.66. The second kappa shape index (κ2) is 5.83. The second-order valence-electron chi connectivity index (χ2n) is 4.28. The average Bonchev–Trinajstić information content (AvgIpc) is 2.19. The number of anilines is 2. The molecule has 19 heavy (non-hydrogen) atoms. The van der Waals surface area contributed by atoms with Crippen LogP contribution < -0.4 is 10.0 Å². The van der Waals surface area contributed by atoms with Crippen LogP contribution in [0.25, 0.3) is 0 Å². The Hall–Kier alpha value is -1.89. The molecule has 1 amide bonds. The highest BCUT2D eigenvalue weighted by Crippen LogP contribution is 2.20. The second-order valence-corrected chi connectivity index (χ2v) is 6.03. The van der Waals surface area contributed by atoms with Crippen LogP contribution in [-0.4, -0.2) is 20.6 Å². The topological polar surface area (TPSA) is 75.3 Å². The van der Waals surface area contributed by atoms with Gasteiger partial charge >= 0.3 is 0 Å². The van der Waals surface area contributed by atoms with Crippen molar-refractivity contribution in [3.8, 4) is 0 Å². The standard InChI is InChI=1S/C12H15FN2O3S/c1-8(2)6-12(16)14-9-4-5-10(13)11(7-9)15-19(3,17)18/h4-7,15H,1-3H3,(H,14,16). The highest BCUT2D eigenvalue weighted by molar-refractivity contribution is 7.92. The summed E-state index contributed by atoms with van der Waals surface area (Å²) >= 11 is 0. The summed E-state index contributed by atoms with van der Waals surface area (Å²) in [5.41, 5.74) is 0.904. The summed E-state index contributed by atoms with van der Waals surface area (Å²) in [6.07, 6.45) is 2.30. The van der Waals surface area contributed by atoms with Gasteiger partial charge in [-0.1, -0.05) is 5.57 Å². The maximum Gasteiger partial charge on any atom is 0.248 e. The molecule has 0 saturated carbocycles. The van der Waals surface area contributed by atoms with Gasteiger partial charge in [0.15, 0.2) is 0 Å². The van der Waals surface area contributed by atoms with Crippen LogP contribution in [0.3, 0.4) is 0 Å². The van der Waals surface area contributed by atoms with Gasteiger partial charge in [-0.05, 0) is 32.0 Å². The number of hydrogen-bond donors (Lipinski definition) is 2. The molecule has 0 aliphatic heterocycles. The molecule has 0 saturated heterocycles. The lowest BCUT2D eigenvalue weighted by molar-refractivity contribution is -0.111. The summed E-state index contributed by atoms with van der Waals surface area (Å²) in [6.45, 7) is 3.53. The molecule has 7 heteroatoms. The number of halogens is 1. The molecule has 0 spiro atoms. The third-order valence-electron chi connectivity index (χ3n) is 1.95. The number of rotatable bonds is 4. The third kappa shape index (κ3) is 5.52. The molecule has 0 aromatic heterocycles. The van der Waals surface area contributed by atoms with Gasteiger partial charge in [-0.15, -0.1) is 0 Å². The van der Waals surface area contributed by atoms with Crippen LogP contribution in [0, 0.1) is 5.82 Å². The van der Waals surface area contributed by atoms with Crippen molar-refractivity contribution in [3.05, 3.63) is 35.7 Å². The Morgan fingerprint density at radius 3 is 2.47 bits per heavy atom. The molecule has 1 aromatic carbocycles. The quantitative estimate of drug-likeness (QED) is 0.832. The average molecular weight is 286 g/mol. The van der Waals surface area contributed by atoms with Gasteiger partial charge in [0.25, 0.3) is 0 Å². The molecular formula is C12H15FN2O3S. The highest BCUT2D eigenvalue weighted by atomic mass is 32.2. The Balaban J connectivity index is 2.97. The fourth-order valence-corrected chi connectivity index (χ4v) is 1.88. The number of allylic oxidation sites excluding steroid dienone is 1. The van der Waals surface area contributed by atoms with Crippen molar-refractivity contribution >= 4 is 27.3 Å². The zero-order valence-corrected chi connectivity index (χ0v) is 11.6. The minimum Gasteiger partial charge on any atom is -0.322 e. The molecule has 0 unspecified atom stereocenters. The molecule has 0 heterocycles. The number of sulfonamides is 1. The van der Waals surface area contributed by atoms with E-state index in [-0.39, 0.29) is 11.6 Å². The van der Waals surface area contributed by atoms with Gasteiger partial charge in [-0.25, -0.2) is 12.8 Å². The van der Waals surface area contributed by atoms with Crippen LogP contribution in [0.4, 0.5) is 15.8 Å². The first-order valence-electron chi connectivity index (χ1n) is 5.40. The first-order valence-corrected chi connectivity index (χ1v) is 7.30. The van der Waals surface area contributed by atoms with E-state index in [0.717, 1.165) is 17.9 Å². The van der Waals surface area contributed by atoms with Gasteiger partial charge in [0.2, 0.25) is 15.9 Å². The van der Waals surface area contributed by atoms with Gasteiger partial charge in [0.1, 0.15) is 5.82 Å². The number of amides is 1. The molecule has 5 nitrogen and oxygen atoms in total. The largest absolute Gasteiger partial charge is 0.322 e. The molecule has 104 valence electrons. The summed E-state index contributed by atoms with van der Waals surface area (Å²) in [5.74, 6) is -1.08. The lowest BCUT2D eigenvalue weighted by Gasteiger charge is -2.08.